The number of nitrogens with one attached hydrogen (secondary N) is 1. The molecule has 0 fully saturated rings. The van der Waals surface area contributed by atoms with Gasteiger partial charge in [0.25, 0.3) is 10.0 Å². The molecule has 3 aromatic rings. The van der Waals surface area contributed by atoms with Crippen LogP contribution in [0.15, 0.2) is 77.7 Å². The van der Waals surface area contributed by atoms with Crippen LogP contribution in [-0.2, 0) is 26.2 Å². The second-order valence-electron chi connectivity index (χ2n) is 10.8. The predicted octanol–water partition coefficient (Wildman–Crippen LogP) is 5.48. The van der Waals surface area contributed by atoms with Crippen molar-refractivity contribution in [1.82, 2.24) is 10.2 Å². The Hall–Kier alpha value is -3.85. The first kappa shape index (κ1) is 32.7. The van der Waals surface area contributed by atoms with Crippen LogP contribution in [-0.4, -0.2) is 50.9 Å². The highest BCUT2D eigenvalue weighted by molar-refractivity contribution is 7.92. The number of carbonyl (C=O) groups is 2. The van der Waals surface area contributed by atoms with Gasteiger partial charge in [-0.2, -0.15) is 0 Å². The molecule has 0 aliphatic rings. The number of amides is 2. The summed E-state index contributed by atoms with van der Waals surface area (Å²) in [4.78, 5) is 29.1. The van der Waals surface area contributed by atoms with Crippen molar-refractivity contribution in [1.29, 1.82) is 0 Å². The van der Waals surface area contributed by atoms with Gasteiger partial charge in [-0.25, -0.2) is 8.42 Å². The van der Waals surface area contributed by atoms with Crippen LogP contribution in [0.2, 0.25) is 0 Å². The molecule has 0 aromatic heterocycles. The molecule has 9 heteroatoms. The zero-order valence-corrected chi connectivity index (χ0v) is 26.3. The number of nitrogens with zero attached hydrogens (tertiary/aromatic N) is 2. The van der Waals surface area contributed by atoms with Gasteiger partial charge in [-0.1, -0.05) is 68.3 Å². The molecular formula is C33H43N3O5S. The third kappa shape index (κ3) is 8.58. The van der Waals surface area contributed by atoms with E-state index in [1.165, 1.54) is 17.0 Å². The number of hydrogen-bond donors (Lipinski definition) is 1. The quantitative estimate of drug-likeness (QED) is 0.267. The van der Waals surface area contributed by atoms with Gasteiger partial charge in [0.15, 0.2) is 0 Å². The number of carbonyl (C=O) groups excluding carboxylic acids is 2. The maximum absolute atomic E-state index is 14.2. The monoisotopic (exact) mass is 593 g/mol. The van der Waals surface area contributed by atoms with Gasteiger partial charge in [0.2, 0.25) is 11.8 Å². The Balaban J connectivity index is 2.05. The minimum atomic E-state index is -4.13. The van der Waals surface area contributed by atoms with Crippen LogP contribution in [0.3, 0.4) is 0 Å². The number of rotatable bonds is 14. The summed E-state index contributed by atoms with van der Waals surface area (Å²) in [6, 6.07) is 20.1. The maximum atomic E-state index is 14.2. The van der Waals surface area contributed by atoms with Gasteiger partial charge in [0.05, 0.1) is 17.2 Å². The molecule has 42 heavy (non-hydrogen) atoms. The van der Waals surface area contributed by atoms with Gasteiger partial charge in [-0.3, -0.25) is 13.9 Å². The lowest BCUT2D eigenvalue weighted by atomic mass is 10.1. The molecule has 0 radical (unpaired) electrons. The minimum Gasteiger partial charge on any atom is -0.494 e. The van der Waals surface area contributed by atoms with Gasteiger partial charge in [0, 0.05) is 13.1 Å². The summed E-state index contributed by atoms with van der Waals surface area (Å²) in [5.74, 6) is 0.0882. The van der Waals surface area contributed by atoms with Crippen molar-refractivity contribution in [2.24, 2.45) is 5.92 Å². The fraction of sp³-hybridized carbons (Fsp3) is 0.394. The number of sulfonamides is 1. The summed E-state index contributed by atoms with van der Waals surface area (Å²) < 4.78 is 34.7. The molecule has 0 spiro atoms. The fourth-order valence-electron chi connectivity index (χ4n) is 4.59. The van der Waals surface area contributed by atoms with E-state index in [0.717, 1.165) is 21.0 Å². The summed E-state index contributed by atoms with van der Waals surface area (Å²) in [5.41, 5.74) is 3.11. The van der Waals surface area contributed by atoms with Crippen molar-refractivity contribution in [2.45, 2.75) is 65.4 Å². The first-order chi connectivity index (χ1) is 20.0. The summed E-state index contributed by atoms with van der Waals surface area (Å²) in [6.45, 7) is 12.2. The minimum absolute atomic E-state index is 0.0711. The van der Waals surface area contributed by atoms with Crippen LogP contribution in [0.25, 0.3) is 0 Å². The lowest BCUT2D eigenvalue weighted by Gasteiger charge is -2.33. The van der Waals surface area contributed by atoms with E-state index in [4.69, 9.17) is 4.74 Å². The lowest BCUT2D eigenvalue weighted by Crippen LogP contribution is -2.52. The molecule has 1 atom stereocenters. The maximum Gasteiger partial charge on any atom is 0.264 e. The Morgan fingerprint density at radius 1 is 0.905 bits per heavy atom. The van der Waals surface area contributed by atoms with Crippen molar-refractivity contribution >= 4 is 27.5 Å². The second-order valence-corrected chi connectivity index (χ2v) is 12.7. The molecule has 1 N–H and O–H groups in total. The van der Waals surface area contributed by atoms with Crippen LogP contribution >= 0.6 is 0 Å². The summed E-state index contributed by atoms with van der Waals surface area (Å²) >= 11 is 0. The number of benzene rings is 3. The topological polar surface area (TPSA) is 96.0 Å². The SMILES string of the molecule is CCOc1ccc(N(CC(=O)N(Cc2cccc(C)c2)[C@@H](CC)C(=O)NCC(C)C)S(=O)(=O)c2ccc(C)cc2)cc1. The molecule has 0 saturated heterocycles. The van der Waals surface area contributed by atoms with Crippen LogP contribution in [0, 0.1) is 19.8 Å². The second kappa shape index (κ2) is 14.9. The summed E-state index contributed by atoms with van der Waals surface area (Å²) in [6.07, 6.45) is 0.370. The molecule has 3 aromatic carbocycles. The highest BCUT2D eigenvalue weighted by Gasteiger charge is 2.33. The Labute approximate surface area is 250 Å². The first-order valence-corrected chi connectivity index (χ1v) is 15.8. The Kier molecular flexibility index (Phi) is 11.6. The number of hydrogen-bond acceptors (Lipinski definition) is 5. The third-order valence-corrected chi connectivity index (χ3v) is 8.62. The van der Waals surface area contributed by atoms with E-state index in [1.807, 2.05) is 65.8 Å². The molecule has 2 amide bonds. The lowest BCUT2D eigenvalue weighted by molar-refractivity contribution is -0.140. The summed E-state index contributed by atoms with van der Waals surface area (Å²) in [7, 11) is -4.13. The summed E-state index contributed by atoms with van der Waals surface area (Å²) in [5, 5.41) is 2.95. The molecule has 226 valence electrons. The number of aryl methyl sites for hydroxylation is 2. The molecule has 0 heterocycles. The first-order valence-electron chi connectivity index (χ1n) is 14.4. The van der Waals surface area contributed by atoms with Crippen LogP contribution in [0.5, 0.6) is 5.75 Å². The van der Waals surface area contributed by atoms with Crippen molar-refractivity contribution in [3.05, 3.63) is 89.5 Å². The van der Waals surface area contributed by atoms with Gasteiger partial charge in [-0.15, -0.1) is 0 Å². The average molecular weight is 594 g/mol. The zero-order chi connectivity index (χ0) is 30.9. The molecule has 0 aliphatic carbocycles. The van der Waals surface area contributed by atoms with Crippen molar-refractivity contribution < 1.29 is 22.7 Å². The largest absolute Gasteiger partial charge is 0.494 e. The Bertz CT molecular complexity index is 1440. The van der Waals surface area contributed by atoms with Crippen LogP contribution in [0.1, 0.15) is 50.8 Å². The van der Waals surface area contributed by atoms with Crippen LogP contribution in [0.4, 0.5) is 5.69 Å². The van der Waals surface area contributed by atoms with E-state index in [-0.39, 0.29) is 23.3 Å². The van der Waals surface area contributed by atoms with Gasteiger partial charge >= 0.3 is 0 Å². The molecule has 0 saturated carbocycles. The normalized spacial score (nSPS) is 12.1. The van der Waals surface area contributed by atoms with E-state index >= 15 is 0 Å². The van der Waals surface area contributed by atoms with Crippen molar-refractivity contribution in [3.8, 4) is 5.75 Å². The van der Waals surface area contributed by atoms with Crippen molar-refractivity contribution in [2.75, 3.05) is 24.0 Å². The van der Waals surface area contributed by atoms with Gasteiger partial charge in [0.1, 0.15) is 18.3 Å². The van der Waals surface area contributed by atoms with Crippen LogP contribution < -0.4 is 14.4 Å². The molecule has 8 nitrogen and oxygen atoms in total. The van der Waals surface area contributed by atoms with E-state index < -0.39 is 28.5 Å². The highest BCUT2D eigenvalue weighted by atomic mass is 32.2. The molecule has 0 bridgehead atoms. The van der Waals surface area contributed by atoms with Gasteiger partial charge < -0.3 is 15.0 Å². The van der Waals surface area contributed by atoms with E-state index in [0.29, 0.717) is 31.0 Å². The van der Waals surface area contributed by atoms with Gasteiger partial charge in [-0.05, 0) is 75.1 Å². The highest BCUT2D eigenvalue weighted by Crippen LogP contribution is 2.27. The number of anilines is 1. The Morgan fingerprint density at radius 2 is 1.57 bits per heavy atom. The molecule has 0 aliphatic heterocycles. The third-order valence-electron chi connectivity index (χ3n) is 6.83. The van der Waals surface area contributed by atoms with E-state index in [2.05, 4.69) is 5.32 Å². The van der Waals surface area contributed by atoms with E-state index in [1.54, 1.807) is 36.4 Å². The van der Waals surface area contributed by atoms with Crippen molar-refractivity contribution in [3.63, 3.8) is 0 Å². The molecule has 3 rings (SSSR count). The van der Waals surface area contributed by atoms with E-state index in [9.17, 15) is 18.0 Å². The predicted molar refractivity (Wildman–Crippen MR) is 167 cm³/mol. The standard InChI is InChI=1S/C33H43N3O5S/c1-7-31(33(38)34-21-24(3)4)35(22-27-11-9-10-26(6)20-27)32(37)23-36(28-14-16-29(17-15-28)41-8-2)42(39,40)30-18-12-25(5)13-19-30/h9-20,24,31H,7-8,21-23H2,1-6H3,(H,34,38)/t31-/m0/s1. The zero-order valence-electron chi connectivity index (χ0n) is 25.5. The molecule has 0 unspecified atom stereocenters. The molecular weight excluding hydrogens is 550 g/mol. The fourth-order valence-corrected chi connectivity index (χ4v) is 6.00. The smallest absolute Gasteiger partial charge is 0.264 e. The number of ether oxygens (including phenoxy) is 1. The average Bonchev–Trinajstić information content (AvgIpc) is 2.95. The Morgan fingerprint density at radius 3 is 2.14 bits per heavy atom.